The van der Waals surface area contributed by atoms with Gasteiger partial charge in [0.05, 0.1) is 5.56 Å². The fourth-order valence-corrected chi connectivity index (χ4v) is 9.02. The molecular formula is C49H42O17. The van der Waals surface area contributed by atoms with E-state index in [0.717, 1.165) is 34.6 Å². The first-order valence-electron chi connectivity index (χ1n) is 19.8. The minimum Gasteiger partial charge on any atom is -0.508 e. The number of ether oxygens (including phenoxy) is 2. The lowest BCUT2D eigenvalue weighted by atomic mass is 9.80. The SMILES string of the molecule is C.Cc1cc(-c2coc3cc(O)c(O)c(O)c3c2=O)cc(O)c1O.O=C1C=CC2=C3c4cc(O)c(O)cc4C[C@@]3(O)COC2=C1.Oc1ccc2c(c1)OCC1(O)Cc3cc(O)c(O)cc3C21. The second-order valence-corrected chi connectivity index (χ2v) is 16.4. The van der Waals surface area contributed by atoms with Gasteiger partial charge in [0.1, 0.15) is 58.9 Å². The van der Waals surface area contributed by atoms with Crippen molar-refractivity contribution in [2.75, 3.05) is 13.2 Å². The van der Waals surface area contributed by atoms with Crippen molar-refractivity contribution in [1.29, 1.82) is 0 Å². The maximum atomic E-state index is 12.6. The number of hydrogen-bond donors (Lipinski definition) is 12. The molecule has 1 aromatic heterocycles. The van der Waals surface area contributed by atoms with E-state index in [9.17, 15) is 70.9 Å². The fraction of sp³-hybridized carbons (Fsp3) is 0.184. The van der Waals surface area contributed by atoms with Crippen molar-refractivity contribution in [1.82, 2.24) is 0 Å². The van der Waals surface area contributed by atoms with Crippen LogP contribution in [-0.2, 0) is 22.4 Å². The third-order valence-electron chi connectivity index (χ3n) is 12.1. The van der Waals surface area contributed by atoms with Gasteiger partial charge in [-0.3, -0.25) is 9.59 Å². The Hall–Kier alpha value is -8.28. The van der Waals surface area contributed by atoms with E-state index < -0.39 is 39.6 Å². The molecule has 66 heavy (non-hydrogen) atoms. The molecule has 340 valence electrons. The van der Waals surface area contributed by atoms with Crippen LogP contribution in [0.5, 0.6) is 63.2 Å². The molecule has 0 saturated carbocycles. The second kappa shape index (κ2) is 15.8. The van der Waals surface area contributed by atoms with E-state index in [2.05, 4.69) is 0 Å². The number of carbonyl (C=O) groups is 1. The lowest BCUT2D eigenvalue weighted by Gasteiger charge is -2.36. The van der Waals surface area contributed by atoms with Gasteiger partial charge in [0, 0.05) is 53.7 Å². The zero-order valence-corrected chi connectivity index (χ0v) is 33.9. The molecule has 5 aromatic carbocycles. The highest BCUT2D eigenvalue weighted by molar-refractivity contribution is 6.04. The summed E-state index contributed by atoms with van der Waals surface area (Å²) in [5, 5.41) is 118. The number of ketones is 1. The largest absolute Gasteiger partial charge is 0.508 e. The molecule has 0 amide bonds. The average Bonchev–Trinajstić information content (AvgIpc) is 3.71. The van der Waals surface area contributed by atoms with Crippen molar-refractivity contribution < 1.29 is 80.0 Å². The van der Waals surface area contributed by atoms with Crippen LogP contribution in [0.2, 0.25) is 0 Å². The number of rotatable bonds is 1. The Balaban J connectivity index is 0.000000134. The zero-order chi connectivity index (χ0) is 46.4. The summed E-state index contributed by atoms with van der Waals surface area (Å²) >= 11 is 0. The van der Waals surface area contributed by atoms with E-state index in [0.29, 0.717) is 46.6 Å². The predicted molar refractivity (Wildman–Crippen MR) is 235 cm³/mol. The Morgan fingerprint density at radius 2 is 1.32 bits per heavy atom. The van der Waals surface area contributed by atoms with Crippen molar-refractivity contribution in [2.45, 2.75) is 44.3 Å². The van der Waals surface area contributed by atoms with Crippen LogP contribution in [0, 0.1) is 6.92 Å². The normalized spacial score (nSPS) is 20.3. The Kier molecular flexibility index (Phi) is 10.6. The first kappa shape index (κ1) is 44.3. The number of phenolic OH excluding ortho intramolecular Hbond substituents is 10. The summed E-state index contributed by atoms with van der Waals surface area (Å²) in [6.07, 6.45) is 6.17. The van der Waals surface area contributed by atoms with Crippen LogP contribution in [0.4, 0.5) is 0 Å². The Bertz CT molecular complexity index is 3190. The molecule has 17 nitrogen and oxygen atoms in total. The van der Waals surface area contributed by atoms with Gasteiger partial charge in [-0.25, -0.2) is 0 Å². The molecule has 2 aliphatic heterocycles. The van der Waals surface area contributed by atoms with Crippen LogP contribution < -0.4 is 10.2 Å². The van der Waals surface area contributed by atoms with E-state index >= 15 is 0 Å². The summed E-state index contributed by atoms with van der Waals surface area (Å²) in [6, 6.07) is 14.3. The van der Waals surface area contributed by atoms with Crippen LogP contribution in [0.25, 0.3) is 27.7 Å². The number of carbonyl (C=O) groups excluding carboxylic acids is 1. The van der Waals surface area contributed by atoms with Crippen LogP contribution in [-0.4, -0.2) is 91.5 Å². The number of hydrogen-bond acceptors (Lipinski definition) is 17. The summed E-state index contributed by atoms with van der Waals surface area (Å²) < 4.78 is 16.3. The van der Waals surface area contributed by atoms with Crippen LogP contribution >= 0.6 is 0 Å². The third kappa shape index (κ3) is 7.15. The van der Waals surface area contributed by atoms with E-state index in [1.54, 1.807) is 25.1 Å². The van der Waals surface area contributed by atoms with Gasteiger partial charge in [-0.05, 0) is 94.9 Å². The summed E-state index contributed by atoms with van der Waals surface area (Å²) in [6.45, 7) is 1.68. The summed E-state index contributed by atoms with van der Waals surface area (Å²) in [5.74, 6) is -3.24. The molecule has 0 fully saturated rings. The molecule has 0 spiro atoms. The summed E-state index contributed by atoms with van der Waals surface area (Å²) in [5.41, 5.74) is 2.58. The van der Waals surface area contributed by atoms with Gasteiger partial charge < -0.3 is 75.2 Å². The van der Waals surface area contributed by atoms with Crippen LogP contribution in [0.15, 0.2) is 106 Å². The topological polar surface area (TPSA) is 308 Å². The monoisotopic (exact) mass is 902 g/mol. The third-order valence-corrected chi connectivity index (χ3v) is 12.1. The number of allylic oxidation sites excluding steroid dienone is 3. The molecule has 0 bridgehead atoms. The molecule has 11 rings (SSSR count). The Morgan fingerprint density at radius 1 is 0.636 bits per heavy atom. The highest BCUT2D eigenvalue weighted by atomic mass is 16.5. The van der Waals surface area contributed by atoms with Crippen molar-refractivity contribution >= 4 is 22.3 Å². The van der Waals surface area contributed by atoms with E-state index in [-0.39, 0.29) is 88.9 Å². The molecule has 0 radical (unpaired) electrons. The molecule has 0 saturated heterocycles. The van der Waals surface area contributed by atoms with Crippen molar-refractivity contribution in [3.8, 4) is 74.4 Å². The number of benzene rings is 5. The summed E-state index contributed by atoms with van der Waals surface area (Å²) in [7, 11) is 0. The van der Waals surface area contributed by atoms with Crippen molar-refractivity contribution in [3.05, 3.63) is 140 Å². The zero-order valence-electron chi connectivity index (χ0n) is 33.9. The number of aliphatic hydroxyl groups is 2. The molecule has 17 heteroatoms. The van der Waals surface area contributed by atoms with Gasteiger partial charge in [0.15, 0.2) is 51.8 Å². The van der Waals surface area contributed by atoms with Gasteiger partial charge in [0.25, 0.3) is 0 Å². The van der Waals surface area contributed by atoms with E-state index in [4.69, 9.17) is 13.9 Å². The van der Waals surface area contributed by atoms with Crippen molar-refractivity contribution in [2.24, 2.45) is 0 Å². The Labute approximate surface area is 373 Å². The first-order valence-corrected chi connectivity index (χ1v) is 19.8. The van der Waals surface area contributed by atoms with Crippen molar-refractivity contribution in [3.63, 3.8) is 0 Å². The first-order chi connectivity index (χ1) is 30.8. The van der Waals surface area contributed by atoms with Gasteiger partial charge in [0.2, 0.25) is 11.2 Å². The highest BCUT2D eigenvalue weighted by Crippen LogP contribution is 2.54. The molecule has 5 aliphatic rings. The number of phenols is 10. The fourth-order valence-electron chi connectivity index (χ4n) is 9.02. The van der Waals surface area contributed by atoms with Crippen LogP contribution in [0.1, 0.15) is 46.7 Å². The number of aryl methyl sites for hydroxylation is 1. The van der Waals surface area contributed by atoms with Crippen LogP contribution in [0.3, 0.4) is 0 Å². The smallest absolute Gasteiger partial charge is 0.204 e. The maximum absolute atomic E-state index is 12.6. The van der Waals surface area contributed by atoms with Gasteiger partial charge in [-0.15, -0.1) is 0 Å². The number of fused-ring (bicyclic) bond motifs is 10. The maximum Gasteiger partial charge on any atom is 0.204 e. The molecule has 3 atom stereocenters. The predicted octanol–water partition coefficient (Wildman–Crippen LogP) is 5.74. The molecular weight excluding hydrogens is 861 g/mol. The standard InChI is InChI=1S/C16H12O7.C16H14O5.C16H12O5.CH4/c1-6-2-7(3-9(17)13(6)19)8-5-23-11-4-10(18)15(21)16(22)12(11)14(8)20;2*17-9-1-2-10-14(4-9)21-7-16(20)6-8-3-12(18)13(19)5-11(8)15(10)16;/h2-5,17-19,21-22H,1H3;1-5,15,17-20H,6-7H2;1-5,18-20H,6-7H2;1H4/t;;16-;/m..1./s1. The molecule has 3 heterocycles. The minimum atomic E-state index is -1.21. The molecule has 12 N–H and O–H groups in total. The minimum absolute atomic E-state index is 0. The number of aromatic hydroxyl groups is 10. The lowest BCUT2D eigenvalue weighted by Crippen LogP contribution is -2.43. The van der Waals surface area contributed by atoms with Gasteiger partial charge >= 0.3 is 0 Å². The average molecular weight is 903 g/mol. The second-order valence-electron chi connectivity index (χ2n) is 16.4. The Morgan fingerprint density at radius 3 is 2.05 bits per heavy atom. The van der Waals surface area contributed by atoms with Gasteiger partial charge in [-0.2, -0.15) is 0 Å². The van der Waals surface area contributed by atoms with E-state index in [1.807, 2.05) is 0 Å². The lowest BCUT2D eigenvalue weighted by molar-refractivity contribution is -0.110. The van der Waals surface area contributed by atoms with Gasteiger partial charge in [-0.1, -0.05) is 13.5 Å². The molecule has 2 unspecified atom stereocenters. The quantitative estimate of drug-likeness (QED) is 0.0876. The molecule has 6 aromatic rings. The molecule has 3 aliphatic carbocycles. The summed E-state index contributed by atoms with van der Waals surface area (Å²) in [4.78, 5) is 24.0. The van der Waals surface area contributed by atoms with E-state index in [1.165, 1.54) is 54.6 Å². The highest BCUT2D eigenvalue weighted by Gasteiger charge is 2.50.